The lowest BCUT2D eigenvalue weighted by Gasteiger charge is -2.23. The van der Waals surface area contributed by atoms with E-state index in [1.54, 1.807) is 6.92 Å². The first-order valence-corrected chi connectivity index (χ1v) is 13.2. The topological polar surface area (TPSA) is 81.7 Å². The first kappa shape index (κ1) is 31.3. The van der Waals surface area contributed by atoms with Crippen molar-refractivity contribution in [2.24, 2.45) is 0 Å². The molecule has 1 atom stereocenters. The number of nitrogens with one attached hydrogen (secondary N) is 2. The number of aliphatic hydroxyl groups excluding tert-OH is 1. The quantitative estimate of drug-likeness (QED) is 0.159. The van der Waals surface area contributed by atoms with E-state index in [4.69, 9.17) is 0 Å². The predicted octanol–water partition coefficient (Wildman–Crippen LogP) is 4.74. The summed E-state index contributed by atoms with van der Waals surface area (Å²) in [5, 5.41) is 15.7. The molecule has 6 nitrogen and oxygen atoms in total. The number of amides is 2. The lowest BCUT2D eigenvalue weighted by Crippen LogP contribution is -2.36. The van der Waals surface area contributed by atoms with Gasteiger partial charge in [-0.05, 0) is 58.5 Å². The van der Waals surface area contributed by atoms with Gasteiger partial charge in [0.2, 0.25) is 11.8 Å². The minimum atomic E-state index is -0.398. The number of carbonyl (C=O) groups excluding carboxylic acids is 2. The molecule has 0 aliphatic heterocycles. The summed E-state index contributed by atoms with van der Waals surface area (Å²) < 4.78 is 0. The molecule has 0 saturated heterocycles. The fourth-order valence-electron chi connectivity index (χ4n) is 3.51. The third-order valence-corrected chi connectivity index (χ3v) is 5.36. The Hall–Kier alpha value is -1.66. The number of hydrogen-bond donors (Lipinski definition) is 3. The molecular weight excluding hydrogens is 414 g/mol. The molecule has 0 bridgehead atoms. The van der Waals surface area contributed by atoms with Gasteiger partial charge in [0.25, 0.3) is 0 Å². The number of nitrogens with zero attached hydrogens (tertiary/aromatic N) is 1. The predicted molar refractivity (Wildman–Crippen MR) is 139 cm³/mol. The highest BCUT2D eigenvalue weighted by Gasteiger charge is 2.09. The summed E-state index contributed by atoms with van der Waals surface area (Å²) >= 11 is 0. The van der Waals surface area contributed by atoms with E-state index in [2.05, 4.69) is 41.5 Å². The van der Waals surface area contributed by atoms with Crippen molar-refractivity contribution < 1.29 is 14.7 Å². The summed E-state index contributed by atoms with van der Waals surface area (Å²) in [5.74, 6) is 0.122. The highest BCUT2D eigenvalue weighted by atomic mass is 16.3. The van der Waals surface area contributed by atoms with Crippen molar-refractivity contribution in [1.29, 1.82) is 0 Å². The van der Waals surface area contributed by atoms with Crippen LogP contribution in [0.4, 0.5) is 0 Å². The summed E-state index contributed by atoms with van der Waals surface area (Å²) in [6, 6.07) is 0. The van der Waals surface area contributed by atoms with E-state index in [1.807, 2.05) is 12.2 Å². The Morgan fingerprint density at radius 1 is 0.758 bits per heavy atom. The van der Waals surface area contributed by atoms with Crippen molar-refractivity contribution in [1.82, 2.24) is 15.5 Å². The highest BCUT2D eigenvalue weighted by molar-refractivity contribution is 5.77. The molecule has 0 aliphatic carbocycles. The fourth-order valence-corrected chi connectivity index (χ4v) is 3.51. The summed E-state index contributed by atoms with van der Waals surface area (Å²) in [6.07, 6.45) is 19.7. The number of rotatable bonds is 22. The smallest absolute Gasteiger partial charge is 0.223 e. The highest BCUT2D eigenvalue weighted by Crippen LogP contribution is 2.01. The van der Waals surface area contributed by atoms with E-state index < -0.39 is 6.10 Å². The molecule has 6 heteroatoms. The molecule has 0 saturated carbocycles. The molecule has 0 aromatic rings. The van der Waals surface area contributed by atoms with E-state index in [0.717, 1.165) is 38.8 Å². The monoisotopic (exact) mass is 465 g/mol. The standard InChI is InChI=1S/C27H51N3O3/c1-4-6-8-10-12-14-18-26(32)28-20-16-22-30(24-25(3)31)23-17-21-29-27(33)19-15-13-11-9-7-5-2/h12-15,25,31H,4-11,16-24H2,1-3H3,(H,28,32)(H,29,33)/b14-12+,15-13+. The van der Waals surface area contributed by atoms with Crippen LogP contribution in [0, 0.1) is 0 Å². The normalized spacial score (nSPS) is 12.6. The molecule has 0 rings (SSSR count). The molecule has 33 heavy (non-hydrogen) atoms. The number of carbonyl (C=O) groups is 2. The maximum atomic E-state index is 11.9. The molecule has 0 aromatic carbocycles. The van der Waals surface area contributed by atoms with E-state index in [9.17, 15) is 14.7 Å². The largest absolute Gasteiger partial charge is 0.392 e. The maximum absolute atomic E-state index is 11.9. The van der Waals surface area contributed by atoms with Crippen molar-refractivity contribution in [3.8, 4) is 0 Å². The molecule has 0 spiro atoms. The molecule has 0 aromatic heterocycles. The lowest BCUT2D eigenvalue weighted by atomic mass is 10.2. The molecule has 2 amide bonds. The van der Waals surface area contributed by atoms with Crippen molar-refractivity contribution in [3.05, 3.63) is 24.3 Å². The zero-order chi connectivity index (χ0) is 24.6. The van der Waals surface area contributed by atoms with E-state index in [0.29, 0.717) is 32.5 Å². The SMILES string of the molecule is CCCCC/C=C/CC(=O)NCCCN(CCCNC(=O)C/C=C/CCCCC)CC(C)O. The molecule has 1 unspecified atom stereocenters. The first-order chi connectivity index (χ1) is 16.0. The van der Waals surface area contributed by atoms with Gasteiger partial charge in [0.1, 0.15) is 0 Å². The van der Waals surface area contributed by atoms with Crippen LogP contribution in [-0.2, 0) is 9.59 Å². The lowest BCUT2D eigenvalue weighted by molar-refractivity contribution is -0.121. The molecule has 0 fully saturated rings. The van der Waals surface area contributed by atoms with Gasteiger partial charge in [-0.25, -0.2) is 0 Å². The van der Waals surface area contributed by atoms with Crippen molar-refractivity contribution in [3.63, 3.8) is 0 Å². The van der Waals surface area contributed by atoms with Crippen LogP contribution in [0.3, 0.4) is 0 Å². The Labute approximate surface area is 203 Å². The maximum Gasteiger partial charge on any atom is 0.223 e. The van der Waals surface area contributed by atoms with Crippen LogP contribution in [0.5, 0.6) is 0 Å². The van der Waals surface area contributed by atoms with Crippen LogP contribution in [0.1, 0.15) is 97.8 Å². The molecule has 0 radical (unpaired) electrons. The van der Waals surface area contributed by atoms with Crippen molar-refractivity contribution in [2.45, 2.75) is 104 Å². The van der Waals surface area contributed by atoms with Crippen LogP contribution in [0.25, 0.3) is 0 Å². The third kappa shape index (κ3) is 23.3. The zero-order valence-corrected chi connectivity index (χ0v) is 21.6. The van der Waals surface area contributed by atoms with E-state index >= 15 is 0 Å². The van der Waals surface area contributed by atoms with Crippen LogP contribution in [-0.4, -0.2) is 60.6 Å². The van der Waals surface area contributed by atoms with Gasteiger partial charge in [0, 0.05) is 32.5 Å². The number of aliphatic hydroxyl groups is 1. The van der Waals surface area contributed by atoms with Gasteiger partial charge < -0.3 is 20.6 Å². The Morgan fingerprint density at radius 3 is 1.61 bits per heavy atom. The third-order valence-electron chi connectivity index (χ3n) is 5.36. The molecule has 3 N–H and O–H groups in total. The van der Waals surface area contributed by atoms with Gasteiger partial charge >= 0.3 is 0 Å². The fraction of sp³-hybridized carbons (Fsp3) is 0.778. The zero-order valence-electron chi connectivity index (χ0n) is 21.6. The Kier molecular flexibility index (Phi) is 22.3. The van der Waals surface area contributed by atoms with Gasteiger partial charge in [0.05, 0.1) is 6.10 Å². The minimum absolute atomic E-state index is 0.0611. The van der Waals surface area contributed by atoms with Gasteiger partial charge in [-0.2, -0.15) is 0 Å². The molecule has 0 aliphatic rings. The Bertz CT molecular complexity index is 491. The van der Waals surface area contributed by atoms with E-state index in [1.165, 1.54) is 38.5 Å². The van der Waals surface area contributed by atoms with Gasteiger partial charge in [-0.15, -0.1) is 0 Å². The second-order valence-corrected chi connectivity index (χ2v) is 8.90. The van der Waals surface area contributed by atoms with Gasteiger partial charge in [-0.1, -0.05) is 63.8 Å². The second-order valence-electron chi connectivity index (χ2n) is 8.90. The van der Waals surface area contributed by atoms with Crippen molar-refractivity contribution >= 4 is 11.8 Å². The Balaban J connectivity index is 3.93. The summed E-state index contributed by atoms with van der Waals surface area (Å²) in [5.41, 5.74) is 0. The Morgan fingerprint density at radius 2 is 1.21 bits per heavy atom. The molecule has 0 heterocycles. The first-order valence-electron chi connectivity index (χ1n) is 13.2. The molecular formula is C27H51N3O3. The second kappa shape index (κ2) is 23.5. The minimum Gasteiger partial charge on any atom is -0.392 e. The van der Waals surface area contributed by atoms with Crippen LogP contribution >= 0.6 is 0 Å². The number of hydrogen-bond acceptors (Lipinski definition) is 4. The van der Waals surface area contributed by atoms with Gasteiger partial charge in [0.15, 0.2) is 0 Å². The summed E-state index contributed by atoms with van der Waals surface area (Å²) in [4.78, 5) is 26.0. The molecule has 192 valence electrons. The van der Waals surface area contributed by atoms with Crippen LogP contribution in [0.15, 0.2) is 24.3 Å². The average Bonchev–Trinajstić information content (AvgIpc) is 2.78. The summed E-state index contributed by atoms with van der Waals surface area (Å²) in [6.45, 7) is 9.67. The average molecular weight is 466 g/mol. The number of unbranched alkanes of at least 4 members (excludes halogenated alkanes) is 6. The van der Waals surface area contributed by atoms with Gasteiger partial charge in [-0.3, -0.25) is 9.59 Å². The van der Waals surface area contributed by atoms with Crippen LogP contribution < -0.4 is 10.6 Å². The van der Waals surface area contributed by atoms with Crippen LogP contribution in [0.2, 0.25) is 0 Å². The van der Waals surface area contributed by atoms with Crippen molar-refractivity contribution in [2.75, 3.05) is 32.7 Å². The van der Waals surface area contributed by atoms with E-state index in [-0.39, 0.29) is 11.8 Å². The summed E-state index contributed by atoms with van der Waals surface area (Å²) in [7, 11) is 0. The number of allylic oxidation sites excluding steroid dienone is 2.